The molecular weight excluding hydrogens is 604 g/mol. The molecule has 1 saturated heterocycles. The number of nitrogens with one attached hydrogen (secondary N) is 3. The number of anilines is 1. The standard InChI is InChI=1S/C30H30N6O8S/c1-34-25(21-13-11-19(12-14-21)17-31-28(45)32-22-9-5-6-10-24(22)36(42)43)26(37)35(30(34)41)16-15-23(27(38)39)33-29(40)44-18-20-7-3-2-4-8-20/h2-14,23,25H,15-18H2,1H3,(H,33,40)(H,38,39)(H2,31,32,45). The summed E-state index contributed by atoms with van der Waals surface area (Å²) in [7, 11) is 1.47. The highest BCUT2D eigenvalue weighted by atomic mass is 32.1. The summed E-state index contributed by atoms with van der Waals surface area (Å²) in [4.78, 5) is 63.1. The summed E-state index contributed by atoms with van der Waals surface area (Å²) in [5, 5.41) is 29.0. The molecule has 2 atom stereocenters. The number of thiocarbonyl (C=S) groups is 1. The Bertz CT molecular complexity index is 1590. The van der Waals surface area contributed by atoms with Crippen molar-refractivity contribution in [2.24, 2.45) is 0 Å². The highest BCUT2D eigenvalue weighted by molar-refractivity contribution is 7.80. The normalized spacial score (nSPS) is 14.9. The molecule has 45 heavy (non-hydrogen) atoms. The summed E-state index contributed by atoms with van der Waals surface area (Å²) in [5.41, 5.74) is 2.19. The molecule has 0 radical (unpaired) electrons. The van der Waals surface area contributed by atoms with E-state index in [1.165, 1.54) is 18.0 Å². The Morgan fingerprint density at radius 2 is 1.69 bits per heavy atom. The topological polar surface area (TPSA) is 183 Å². The Hall–Kier alpha value is -5.57. The highest BCUT2D eigenvalue weighted by Crippen LogP contribution is 2.30. The van der Waals surface area contributed by atoms with Crippen LogP contribution in [0.4, 0.5) is 21.0 Å². The zero-order valence-electron chi connectivity index (χ0n) is 24.0. The molecule has 14 nitrogen and oxygen atoms in total. The number of carboxylic acid groups (broad SMARTS) is 1. The molecule has 4 amide bonds. The van der Waals surface area contributed by atoms with Crippen LogP contribution in [0.5, 0.6) is 0 Å². The summed E-state index contributed by atoms with van der Waals surface area (Å²) in [6.07, 6.45) is -1.16. The quantitative estimate of drug-likeness (QED) is 0.0984. The van der Waals surface area contributed by atoms with Gasteiger partial charge in [0.1, 0.15) is 24.4 Å². The van der Waals surface area contributed by atoms with Gasteiger partial charge in [0.2, 0.25) is 0 Å². The predicted molar refractivity (Wildman–Crippen MR) is 166 cm³/mol. The third kappa shape index (κ3) is 8.29. The zero-order valence-corrected chi connectivity index (χ0v) is 24.9. The van der Waals surface area contributed by atoms with Crippen molar-refractivity contribution < 1.29 is 33.9 Å². The van der Waals surface area contributed by atoms with Crippen LogP contribution in [0.3, 0.4) is 0 Å². The Morgan fingerprint density at radius 3 is 2.36 bits per heavy atom. The predicted octanol–water partition coefficient (Wildman–Crippen LogP) is 3.79. The maximum absolute atomic E-state index is 13.3. The number of hydrogen-bond donors (Lipinski definition) is 4. The number of carbonyl (C=O) groups excluding carboxylic acids is 3. The van der Waals surface area contributed by atoms with E-state index in [9.17, 15) is 34.4 Å². The van der Waals surface area contributed by atoms with E-state index in [1.807, 2.05) is 6.07 Å². The molecule has 0 bridgehead atoms. The van der Waals surface area contributed by atoms with Crippen molar-refractivity contribution in [2.75, 3.05) is 18.9 Å². The third-order valence-corrected chi connectivity index (χ3v) is 7.21. The van der Waals surface area contributed by atoms with Crippen molar-refractivity contribution >= 4 is 52.7 Å². The average Bonchev–Trinajstić information content (AvgIpc) is 3.24. The van der Waals surface area contributed by atoms with Crippen LogP contribution in [0.1, 0.15) is 29.2 Å². The minimum absolute atomic E-state index is 0.0501. The van der Waals surface area contributed by atoms with Gasteiger partial charge in [-0.1, -0.05) is 66.7 Å². The number of hydrogen-bond acceptors (Lipinski definition) is 8. The zero-order chi connectivity index (χ0) is 32.5. The third-order valence-electron chi connectivity index (χ3n) is 6.96. The number of carboxylic acids is 1. The number of nitrogens with zero attached hydrogens (tertiary/aromatic N) is 3. The average molecular weight is 635 g/mol. The van der Waals surface area contributed by atoms with Crippen LogP contribution in [-0.2, 0) is 27.5 Å². The Kier molecular flexibility index (Phi) is 10.6. The lowest BCUT2D eigenvalue weighted by atomic mass is 10.0. The summed E-state index contributed by atoms with van der Waals surface area (Å²) >= 11 is 5.26. The van der Waals surface area contributed by atoms with E-state index in [0.717, 1.165) is 16.0 Å². The minimum atomic E-state index is -1.39. The monoisotopic (exact) mass is 634 g/mol. The molecule has 1 aliphatic rings. The molecule has 0 aliphatic carbocycles. The molecule has 15 heteroatoms. The van der Waals surface area contributed by atoms with Gasteiger partial charge in [0.25, 0.3) is 11.6 Å². The molecule has 234 valence electrons. The number of carbonyl (C=O) groups is 4. The van der Waals surface area contributed by atoms with Crippen LogP contribution >= 0.6 is 12.2 Å². The van der Waals surface area contributed by atoms with Gasteiger partial charge in [-0.15, -0.1) is 0 Å². The lowest BCUT2D eigenvalue weighted by molar-refractivity contribution is -0.383. The first-order valence-electron chi connectivity index (χ1n) is 13.7. The number of imide groups is 1. The molecule has 1 fully saturated rings. The number of nitro benzene ring substituents is 1. The van der Waals surface area contributed by atoms with E-state index in [1.54, 1.807) is 66.7 Å². The van der Waals surface area contributed by atoms with Gasteiger partial charge in [0.15, 0.2) is 5.11 Å². The van der Waals surface area contributed by atoms with E-state index in [2.05, 4.69) is 16.0 Å². The van der Waals surface area contributed by atoms with E-state index in [4.69, 9.17) is 17.0 Å². The van der Waals surface area contributed by atoms with Gasteiger partial charge in [-0.3, -0.25) is 19.8 Å². The molecule has 3 aromatic rings. The molecule has 0 saturated carbocycles. The Morgan fingerprint density at radius 1 is 1.02 bits per heavy atom. The second-order valence-electron chi connectivity index (χ2n) is 9.99. The highest BCUT2D eigenvalue weighted by Gasteiger charge is 2.44. The number of amides is 4. The van der Waals surface area contributed by atoms with Crippen molar-refractivity contribution in [3.63, 3.8) is 0 Å². The molecule has 4 N–H and O–H groups in total. The first kappa shape index (κ1) is 32.3. The molecule has 3 aromatic carbocycles. The number of para-hydroxylation sites is 2. The van der Waals surface area contributed by atoms with Crippen LogP contribution in [0.15, 0.2) is 78.9 Å². The van der Waals surface area contributed by atoms with Crippen LogP contribution in [0.25, 0.3) is 0 Å². The van der Waals surface area contributed by atoms with Crippen LogP contribution in [0.2, 0.25) is 0 Å². The van der Waals surface area contributed by atoms with Crippen molar-refractivity contribution in [1.82, 2.24) is 20.4 Å². The summed E-state index contributed by atoms with van der Waals surface area (Å²) in [6, 6.07) is 18.9. The molecule has 0 spiro atoms. The molecule has 0 aromatic heterocycles. The minimum Gasteiger partial charge on any atom is -0.480 e. The number of nitro groups is 1. The Balaban J connectivity index is 1.30. The number of rotatable bonds is 12. The largest absolute Gasteiger partial charge is 0.480 e. The fourth-order valence-corrected chi connectivity index (χ4v) is 4.79. The summed E-state index contributed by atoms with van der Waals surface area (Å²) in [6.45, 7) is -0.00441. The Labute approximate surface area is 263 Å². The number of ether oxygens (including phenoxy) is 1. The lowest BCUT2D eigenvalue weighted by Crippen LogP contribution is -2.44. The van der Waals surface area contributed by atoms with Crippen molar-refractivity contribution in [3.8, 4) is 0 Å². The van der Waals surface area contributed by atoms with E-state index in [0.29, 0.717) is 5.56 Å². The molecule has 1 heterocycles. The summed E-state index contributed by atoms with van der Waals surface area (Å²) < 4.78 is 5.09. The van der Waals surface area contributed by atoms with Gasteiger partial charge < -0.3 is 30.7 Å². The number of likely N-dealkylation sites (N-methyl/N-ethyl adjacent to an activating group) is 1. The lowest BCUT2D eigenvalue weighted by Gasteiger charge is -2.18. The number of benzene rings is 3. The number of urea groups is 1. The molecule has 2 unspecified atom stereocenters. The van der Waals surface area contributed by atoms with Gasteiger partial charge in [0, 0.05) is 26.2 Å². The van der Waals surface area contributed by atoms with Gasteiger partial charge in [-0.05, 0) is 41.4 Å². The second-order valence-corrected chi connectivity index (χ2v) is 10.4. The second kappa shape index (κ2) is 14.7. The van der Waals surface area contributed by atoms with Crippen molar-refractivity contribution in [1.29, 1.82) is 0 Å². The van der Waals surface area contributed by atoms with Crippen LogP contribution < -0.4 is 16.0 Å². The van der Waals surface area contributed by atoms with Gasteiger partial charge >= 0.3 is 18.1 Å². The fraction of sp³-hybridized carbons (Fsp3) is 0.233. The summed E-state index contributed by atoms with van der Waals surface area (Å²) in [5.74, 6) is -1.87. The van der Waals surface area contributed by atoms with Crippen LogP contribution in [0, 0.1) is 10.1 Å². The van der Waals surface area contributed by atoms with Gasteiger partial charge in [-0.25, -0.2) is 14.4 Å². The maximum Gasteiger partial charge on any atom is 0.408 e. The molecule has 4 rings (SSSR count). The molecular formula is C30H30N6O8S. The van der Waals surface area contributed by atoms with E-state index >= 15 is 0 Å². The fourth-order valence-electron chi connectivity index (χ4n) is 4.61. The van der Waals surface area contributed by atoms with E-state index in [-0.39, 0.29) is 42.6 Å². The SMILES string of the molecule is CN1C(=O)N(CCC(NC(=O)OCc2ccccc2)C(=O)O)C(=O)C1c1ccc(CNC(=S)Nc2ccccc2[N+](=O)[O-])cc1. The van der Waals surface area contributed by atoms with Gasteiger partial charge in [0.05, 0.1) is 4.92 Å². The van der Waals surface area contributed by atoms with Crippen molar-refractivity contribution in [2.45, 2.75) is 31.7 Å². The number of aliphatic carboxylic acids is 1. The van der Waals surface area contributed by atoms with Gasteiger partial charge in [-0.2, -0.15) is 0 Å². The first-order chi connectivity index (χ1) is 21.5. The maximum atomic E-state index is 13.3. The van der Waals surface area contributed by atoms with E-state index < -0.39 is 41.0 Å². The first-order valence-corrected chi connectivity index (χ1v) is 14.1. The molecule has 1 aliphatic heterocycles. The number of alkyl carbamates (subject to hydrolysis) is 1. The van der Waals surface area contributed by atoms with Crippen LogP contribution in [-0.4, -0.2) is 68.6 Å². The van der Waals surface area contributed by atoms with Crippen molar-refractivity contribution in [3.05, 3.63) is 106 Å². The smallest absolute Gasteiger partial charge is 0.408 e.